The number of anilines is 2. The molecule has 0 aliphatic heterocycles. The minimum Gasteiger partial charge on any atom is -0.382 e. The Bertz CT molecular complexity index is 999. The van der Waals surface area contributed by atoms with Crippen LogP contribution in [0.15, 0.2) is 0 Å². The van der Waals surface area contributed by atoms with E-state index < -0.39 is 10.1 Å². The van der Waals surface area contributed by atoms with Gasteiger partial charge in [0, 0.05) is 32.7 Å². The van der Waals surface area contributed by atoms with E-state index in [0.29, 0.717) is 36.8 Å². The Labute approximate surface area is 184 Å². The first-order valence-electron chi connectivity index (χ1n) is 10.9. The highest BCUT2D eigenvalue weighted by Crippen LogP contribution is 2.34. The molecule has 174 valence electrons. The number of nitrogen functional groups attached to an aromatic ring is 1. The lowest BCUT2D eigenvalue weighted by Gasteiger charge is -2.27. The summed E-state index contributed by atoms with van der Waals surface area (Å²) in [5.74, 6) is 2.00. The summed E-state index contributed by atoms with van der Waals surface area (Å²) < 4.78 is 38.1. The fourth-order valence-electron chi connectivity index (χ4n) is 3.94. The highest BCUT2D eigenvalue weighted by Gasteiger charge is 2.27. The molecule has 10 nitrogen and oxygen atoms in total. The highest BCUT2D eigenvalue weighted by molar-refractivity contribution is 7.85. The maximum Gasteiger partial charge on any atom is 0.264 e. The highest BCUT2D eigenvalue weighted by atomic mass is 32.2. The van der Waals surface area contributed by atoms with Crippen molar-refractivity contribution in [2.24, 2.45) is 7.05 Å². The lowest BCUT2D eigenvalue weighted by Crippen LogP contribution is -2.28. The number of rotatable bonds is 9. The third kappa shape index (κ3) is 5.83. The predicted molar refractivity (Wildman–Crippen MR) is 121 cm³/mol. The van der Waals surface area contributed by atoms with E-state index >= 15 is 0 Å². The van der Waals surface area contributed by atoms with Gasteiger partial charge in [-0.15, -0.1) is 0 Å². The molecule has 0 aromatic carbocycles. The molecule has 2 aromatic heterocycles. The second-order valence-corrected chi connectivity index (χ2v) is 10.2. The topological polar surface area (TPSA) is 136 Å². The molecule has 0 spiro atoms. The minimum atomic E-state index is -3.89. The van der Waals surface area contributed by atoms with Crippen LogP contribution in [-0.2, 0) is 21.9 Å². The van der Waals surface area contributed by atoms with Crippen LogP contribution in [0.1, 0.15) is 64.1 Å². The van der Waals surface area contributed by atoms with E-state index in [2.05, 4.69) is 28.7 Å². The van der Waals surface area contributed by atoms with Gasteiger partial charge in [0.05, 0.1) is 11.9 Å². The standard InChI is InChI=1S/C20H34N6O4S/c1-13(2)25(3)20-22-16-17(21)23-18(24-19(16)26(20)4)14-7-9-15(10-8-14)30-11-5-6-12-31(27,28)29/h13-15H,5-12H2,1-4H3,(H2,21,23,24)(H,27,28,29). The summed E-state index contributed by atoms with van der Waals surface area (Å²) in [4.78, 5) is 16.1. The van der Waals surface area contributed by atoms with Crippen molar-refractivity contribution >= 4 is 33.0 Å². The number of nitrogens with zero attached hydrogens (tertiary/aromatic N) is 5. The molecule has 2 aromatic rings. The first kappa shape index (κ1) is 23.7. The summed E-state index contributed by atoms with van der Waals surface area (Å²) in [6.45, 7) is 4.71. The Hall–Kier alpha value is -1.98. The summed E-state index contributed by atoms with van der Waals surface area (Å²) in [6.07, 6.45) is 4.80. The fraction of sp³-hybridized carbons (Fsp3) is 0.750. The number of hydrogen-bond acceptors (Lipinski definition) is 8. The van der Waals surface area contributed by atoms with Crippen molar-refractivity contribution < 1.29 is 17.7 Å². The number of ether oxygens (including phenoxy) is 1. The number of imidazole rings is 1. The molecule has 11 heteroatoms. The van der Waals surface area contributed by atoms with Crippen LogP contribution in [0, 0.1) is 0 Å². The van der Waals surface area contributed by atoms with Gasteiger partial charge in [0.2, 0.25) is 5.95 Å². The molecule has 0 radical (unpaired) electrons. The zero-order valence-corrected chi connectivity index (χ0v) is 19.6. The van der Waals surface area contributed by atoms with Gasteiger partial charge >= 0.3 is 0 Å². The second-order valence-electron chi connectivity index (χ2n) is 8.65. The fourth-order valence-corrected chi connectivity index (χ4v) is 4.51. The zero-order chi connectivity index (χ0) is 22.8. The van der Waals surface area contributed by atoms with Crippen LogP contribution in [0.5, 0.6) is 0 Å². The first-order chi connectivity index (χ1) is 14.6. The molecule has 0 bridgehead atoms. The van der Waals surface area contributed by atoms with Crippen LogP contribution < -0.4 is 10.6 Å². The van der Waals surface area contributed by atoms with E-state index in [4.69, 9.17) is 20.0 Å². The second kappa shape index (κ2) is 9.66. The van der Waals surface area contributed by atoms with E-state index in [1.165, 1.54) is 0 Å². The minimum absolute atomic E-state index is 0.158. The quantitative estimate of drug-likeness (QED) is 0.432. The number of aromatic nitrogens is 4. The zero-order valence-electron chi connectivity index (χ0n) is 18.8. The first-order valence-corrected chi connectivity index (χ1v) is 12.5. The van der Waals surface area contributed by atoms with Gasteiger partial charge in [-0.3, -0.25) is 9.12 Å². The van der Waals surface area contributed by atoms with Crippen molar-refractivity contribution in [2.75, 3.05) is 30.0 Å². The van der Waals surface area contributed by atoms with Gasteiger partial charge in [-0.25, -0.2) is 15.0 Å². The summed E-state index contributed by atoms with van der Waals surface area (Å²) in [6, 6.07) is 0.299. The number of unbranched alkanes of at least 4 members (excludes halogenated alkanes) is 1. The van der Waals surface area contributed by atoms with Crippen molar-refractivity contribution in [3.63, 3.8) is 0 Å². The number of fused-ring (bicyclic) bond motifs is 1. The van der Waals surface area contributed by atoms with Gasteiger partial charge in [-0.2, -0.15) is 8.42 Å². The van der Waals surface area contributed by atoms with E-state index in [-0.39, 0.29) is 17.8 Å². The van der Waals surface area contributed by atoms with E-state index in [1.807, 2.05) is 18.7 Å². The average Bonchev–Trinajstić information content (AvgIpc) is 3.04. The third-order valence-electron chi connectivity index (χ3n) is 6.02. The smallest absolute Gasteiger partial charge is 0.264 e. The molecular formula is C20H34N6O4S. The summed E-state index contributed by atoms with van der Waals surface area (Å²) in [5.41, 5.74) is 7.63. The SMILES string of the molecule is CC(C)N(C)c1nc2c(N)nc(C3CCC(OCCCCS(=O)(=O)O)CC3)nc2n1C. The lowest BCUT2D eigenvalue weighted by atomic mass is 9.86. The molecule has 3 N–H and O–H groups in total. The maximum atomic E-state index is 10.7. The number of nitrogens with two attached hydrogens (primary N) is 1. The predicted octanol–water partition coefficient (Wildman–Crippen LogP) is 2.50. The molecule has 1 aliphatic carbocycles. The van der Waals surface area contributed by atoms with Crippen molar-refractivity contribution in [1.82, 2.24) is 19.5 Å². The van der Waals surface area contributed by atoms with E-state index in [1.54, 1.807) is 0 Å². The summed E-state index contributed by atoms with van der Waals surface area (Å²) in [7, 11) is 0.0654. The molecule has 1 saturated carbocycles. The van der Waals surface area contributed by atoms with Crippen molar-refractivity contribution in [3.05, 3.63) is 5.82 Å². The van der Waals surface area contributed by atoms with Crippen molar-refractivity contribution in [2.45, 2.75) is 70.4 Å². The summed E-state index contributed by atoms with van der Waals surface area (Å²) in [5, 5.41) is 0. The molecule has 2 heterocycles. The number of aryl methyl sites for hydroxylation is 1. The van der Waals surface area contributed by atoms with Crippen LogP contribution in [0.25, 0.3) is 11.2 Å². The Morgan fingerprint density at radius 3 is 2.48 bits per heavy atom. The molecule has 3 rings (SSSR count). The number of hydrogen-bond donors (Lipinski definition) is 2. The van der Waals surface area contributed by atoms with Gasteiger partial charge in [0.1, 0.15) is 5.82 Å². The van der Waals surface area contributed by atoms with E-state index in [9.17, 15) is 8.42 Å². The van der Waals surface area contributed by atoms with Gasteiger partial charge < -0.3 is 15.4 Å². The Morgan fingerprint density at radius 2 is 1.87 bits per heavy atom. The van der Waals surface area contributed by atoms with Crippen LogP contribution in [0.3, 0.4) is 0 Å². The molecule has 1 fully saturated rings. The third-order valence-corrected chi connectivity index (χ3v) is 6.82. The Morgan fingerprint density at radius 1 is 1.19 bits per heavy atom. The van der Waals surface area contributed by atoms with Gasteiger partial charge in [-0.05, 0) is 52.4 Å². The molecular weight excluding hydrogens is 420 g/mol. The van der Waals surface area contributed by atoms with Gasteiger partial charge in [0.25, 0.3) is 10.1 Å². The summed E-state index contributed by atoms with van der Waals surface area (Å²) >= 11 is 0. The van der Waals surface area contributed by atoms with Crippen LogP contribution in [-0.4, -0.2) is 64.0 Å². The van der Waals surface area contributed by atoms with Crippen molar-refractivity contribution in [1.29, 1.82) is 0 Å². The van der Waals surface area contributed by atoms with Gasteiger partial charge in [0.15, 0.2) is 17.0 Å². The van der Waals surface area contributed by atoms with Crippen LogP contribution >= 0.6 is 0 Å². The molecule has 1 aliphatic rings. The lowest BCUT2D eigenvalue weighted by molar-refractivity contribution is 0.0228. The Balaban J connectivity index is 1.60. The molecule has 0 amide bonds. The molecule has 0 unspecified atom stereocenters. The molecule has 0 saturated heterocycles. The van der Waals surface area contributed by atoms with E-state index in [0.717, 1.165) is 43.1 Å². The van der Waals surface area contributed by atoms with Crippen LogP contribution in [0.4, 0.5) is 11.8 Å². The monoisotopic (exact) mass is 454 g/mol. The van der Waals surface area contributed by atoms with Gasteiger partial charge in [-0.1, -0.05) is 0 Å². The maximum absolute atomic E-state index is 10.7. The largest absolute Gasteiger partial charge is 0.382 e. The van der Waals surface area contributed by atoms with Crippen LogP contribution in [0.2, 0.25) is 0 Å². The Kier molecular flexibility index (Phi) is 7.38. The normalized spacial score (nSPS) is 19.9. The molecule has 31 heavy (non-hydrogen) atoms. The van der Waals surface area contributed by atoms with Crippen molar-refractivity contribution in [3.8, 4) is 0 Å². The molecule has 0 atom stereocenters. The average molecular weight is 455 g/mol.